The van der Waals surface area contributed by atoms with Gasteiger partial charge in [0, 0.05) is 6.20 Å². The van der Waals surface area contributed by atoms with Gasteiger partial charge in [0.1, 0.15) is 0 Å². The molecule has 152 valence electrons. The Labute approximate surface area is 171 Å². The van der Waals surface area contributed by atoms with Gasteiger partial charge < -0.3 is 5.73 Å². The Hall–Kier alpha value is -2.42. The van der Waals surface area contributed by atoms with E-state index in [-0.39, 0.29) is 11.8 Å². The molecule has 3 heteroatoms. The zero-order valence-corrected chi connectivity index (χ0v) is 17.3. The third-order valence-corrected chi connectivity index (χ3v) is 4.47. The van der Waals surface area contributed by atoms with Crippen molar-refractivity contribution in [2.24, 2.45) is 5.73 Å². The first-order valence-corrected chi connectivity index (χ1v) is 10.6. The van der Waals surface area contributed by atoms with Crippen LogP contribution in [0.1, 0.15) is 76.3 Å². The van der Waals surface area contributed by atoms with Crippen LogP contribution in [0.4, 0.5) is 0 Å². The molecule has 0 aliphatic carbocycles. The predicted octanol–water partition coefficient (Wildman–Crippen LogP) is 6.41. The van der Waals surface area contributed by atoms with Crippen molar-refractivity contribution >= 4 is 5.91 Å². The zero-order chi connectivity index (χ0) is 20.3. The van der Waals surface area contributed by atoms with Gasteiger partial charge in [-0.3, -0.25) is 9.78 Å². The molecule has 1 rings (SSSR count). The van der Waals surface area contributed by atoms with Gasteiger partial charge in [-0.05, 0) is 57.1 Å². The SMILES string of the molecule is CCCCC/C=C\C/C=C\C/C=C\C/C=C\CCC(C(N)=O)c1ccccn1. The van der Waals surface area contributed by atoms with E-state index < -0.39 is 0 Å². The first-order chi connectivity index (χ1) is 13.8. The lowest BCUT2D eigenvalue weighted by atomic mass is 9.98. The van der Waals surface area contributed by atoms with Crippen molar-refractivity contribution in [1.29, 1.82) is 0 Å². The lowest BCUT2D eigenvalue weighted by Gasteiger charge is -2.10. The molecule has 0 saturated carbocycles. The number of allylic oxidation sites excluding steroid dienone is 8. The van der Waals surface area contributed by atoms with Crippen molar-refractivity contribution in [3.63, 3.8) is 0 Å². The van der Waals surface area contributed by atoms with Crippen LogP contribution in [0, 0.1) is 0 Å². The van der Waals surface area contributed by atoms with Crippen LogP contribution >= 0.6 is 0 Å². The number of primary amides is 1. The highest BCUT2D eigenvalue weighted by Gasteiger charge is 2.17. The fourth-order valence-corrected chi connectivity index (χ4v) is 2.84. The Balaban J connectivity index is 2.12. The summed E-state index contributed by atoms with van der Waals surface area (Å²) in [6.07, 6.45) is 28.8. The number of hydrogen-bond donors (Lipinski definition) is 1. The lowest BCUT2D eigenvalue weighted by molar-refractivity contribution is -0.119. The first kappa shape index (κ1) is 23.6. The van der Waals surface area contributed by atoms with Gasteiger partial charge in [0.25, 0.3) is 0 Å². The molecule has 1 amide bonds. The topological polar surface area (TPSA) is 56.0 Å². The second-order valence-electron chi connectivity index (χ2n) is 6.88. The van der Waals surface area contributed by atoms with Gasteiger partial charge in [-0.25, -0.2) is 0 Å². The van der Waals surface area contributed by atoms with Crippen LogP contribution in [-0.4, -0.2) is 10.9 Å². The summed E-state index contributed by atoms with van der Waals surface area (Å²) < 4.78 is 0. The van der Waals surface area contributed by atoms with Crippen LogP contribution in [0.3, 0.4) is 0 Å². The highest BCUT2D eigenvalue weighted by molar-refractivity contribution is 5.81. The molecule has 0 aromatic carbocycles. The summed E-state index contributed by atoms with van der Waals surface area (Å²) in [4.78, 5) is 15.9. The number of nitrogens with two attached hydrogens (primary N) is 1. The van der Waals surface area contributed by atoms with Crippen LogP contribution in [0.5, 0.6) is 0 Å². The number of amides is 1. The number of carbonyl (C=O) groups is 1. The maximum absolute atomic E-state index is 11.6. The van der Waals surface area contributed by atoms with E-state index in [1.54, 1.807) is 6.20 Å². The van der Waals surface area contributed by atoms with E-state index in [9.17, 15) is 4.79 Å². The van der Waals surface area contributed by atoms with Gasteiger partial charge in [-0.1, -0.05) is 74.4 Å². The van der Waals surface area contributed by atoms with Crippen molar-refractivity contribution in [2.75, 3.05) is 0 Å². The summed E-state index contributed by atoms with van der Waals surface area (Å²) in [5, 5.41) is 0. The summed E-state index contributed by atoms with van der Waals surface area (Å²) in [6, 6.07) is 5.59. The number of pyridine rings is 1. The molecular weight excluding hydrogens is 344 g/mol. The van der Waals surface area contributed by atoms with Crippen molar-refractivity contribution < 1.29 is 4.79 Å². The summed E-state index contributed by atoms with van der Waals surface area (Å²) in [5.74, 6) is -0.623. The molecule has 1 atom stereocenters. The fraction of sp³-hybridized carbons (Fsp3) is 0.440. The molecule has 0 radical (unpaired) electrons. The second-order valence-corrected chi connectivity index (χ2v) is 6.88. The molecule has 0 fully saturated rings. The van der Waals surface area contributed by atoms with E-state index in [1.807, 2.05) is 18.2 Å². The summed E-state index contributed by atoms with van der Waals surface area (Å²) in [7, 11) is 0. The molecule has 28 heavy (non-hydrogen) atoms. The molecular formula is C25H36N2O. The minimum absolute atomic E-state index is 0.311. The van der Waals surface area contributed by atoms with E-state index in [0.29, 0.717) is 6.42 Å². The Morgan fingerprint density at radius 3 is 2.07 bits per heavy atom. The monoisotopic (exact) mass is 380 g/mol. The standard InChI is InChI=1S/C25H36N2O/c1-2-3-4-5-6-7-8-9-10-11-12-13-14-15-16-17-20-23(25(26)28)24-21-18-19-22-27-24/h6-7,9-10,12-13,15-16,18-19,21-23H,2-5,8,11,14,17,20H2,1H3,(H2,26,28)/b7-6-,10-9-,13-12-,16-15-. The quantitative estimate of drug-likeness (QED) is 0.282. The molecule has 1 heterocycles. The summed E-state index contributed by atoms with van der Waals surface area (Å²) >= 11 is 0. The molecule has 0 spiro atoms. The van der Waals surface area contributed by atoms with Crippen molar-refractivity contribution in [2.45, 2.75) is 70.6 Å². The third-order valence-electron chi connectivity index (χ3n) is 4.47. The Bertz CT molecular complexity index is 629. The Morgan fingerprint density at radius 1 is 0.929 bits per heavy atom. The Morgan fingerprint density at radius 2 is 1.54 bits per heavy atom. The normalized spacial score (nSPS) is 13.3. The van der Waals surface area contributed by atoms with Gasteiger partial charge >= 0.3 is 0 Å². The molecule has 3 nitrogen and oxygen atoms in total. The van der Waals surface area contributed by atoms with E-state index in [0.717, 1.165) is 31.4 Å². The van der Waals surface area contributed by atoms with Crippen molar-refractivity contribution in [1.82, 2.24) is 4.98 Å². The maximum atomic E-state index is 11.6. The number of carbonyl (C=O) groups excluding carboxylic acids is 1. The van der Waals surface area contributed by atoms with Crippen LogP contribution in [-0.2, 0) is 4.79 Å². The number of rotatable bonds is 15. The van der Waals surface area contributed by atoms with E-state index in [4.69, 9.17) is 5.73 Å². The molecule has 0 saturated heterocycles. The minimum atomic E-state index is -0.313. The van der Waals surface area contributed by atoms with Crippen LogP contribution in [0.15, 0.2) is 73.0 Å². The molecule has 0 aliphatic heterocycles. The van der Waals surface area contributed by atoms with Gasteiger partial charge in [0.15, 0.2) is 0 Å². The third kappa shape index (κ3) is 12.1. The molecule has 1 aromatic heterocycles. The van der Waals surface area contributed by atoms with Gasteiger partial charge in [-0.2, -0.15) is 0 Å². The van der Waals surface area contributed by atoms with E-state index in [2.05, 4.69) is 60.5 Å². The first-order valence-electron chi connectivity index (χ1n) is 10.6. The van der Waals surface area contributed by atoms with Gasteiger partial charge in [0.2, 0.25) is 5.91 Å². The van der Waals surface area contributed by atoms with E-state index in [1.165, 1.54) is 25.7 Å². The number of hydrogen-bond acceptors (Lipinski definition) is 2. The number of unbranched alkanes of at least 4 members (excludes halogenated alkanes) is 3. The summed E-state index contributed by atoms with van der Waals surface area (Å²) in [6.45, 7) is 2.23. The predicted molar refractivity (Wildman–Crippen MR) is 120 cm³/mol. The van der Waals surface area contributed by atoms with Crippen LogP contribution < -0.4 is 5.73 Å². The zero-order valence-electron chi connectivity index (χ0n) is 17.3. The average molecular weight is 381 g/mol. The second kappa shape index (κ2) is 16.7. The molecule has 0 aliphatic rings. The molecule has 2 N–H and O–H groups in total. The minimum Gasteiger partial charge on any atom is -0.369 e. The molecule has 1 unspecified atom stereocenters. The largest absolute Gasteiger partial charge is 0.369 e. The van der Waals surface area contributed by atoms with Crippen molar-refractivity contribution in [3.8, 4) is 0 Å². The molecule has 1 aromatic rings. The maximum Gasteiger partial charge on any atom is 0.226 e. The lowest BCUT2D eigenvalue weighted by Crippen LogP contribution is -2.22. The number of aromatic nitrogens is 1. The number of nitrogens with zero attached hydrogens (tertiary/aromatic N) is 1. The molecule has 0 bridgehead atoms. The van der Waals surface area contributed by atoms with Gasteiger partial charge in [0.05, 0.1) is 11.6 Å². The van der Waals surface area contributed by atoms with Crippen molar-refractivity contribution in [3.05, 3.63) is 78.7 Å². The highest BCUT2D eigenvalue weighted by Crippen LogP contribution is 2.18. The highest BCUT2D eigenvalue weighted by atomic mass is 16.1. The average Bonchev–Trinajstić information content (AvgIpc) is 2.70. The van der Waals surface area contributed by atoms with Gasteiger partial charge in [-0.15, -0.1) is 0 Å². The summed E-state index contributed by atoms with van der Waals surface area (Å²) in [5.41, 5.74) is 6.27. The Kier molecular flexibility index (Phi) is 14.1. The smallest absolute Gasteiger partial charge is 0.226 e. The van der Waals surface area contributed by atoms with E-state index >= 15 is 0 Å². The fourth-order valence-electron chi connectivity index (χ4n) is 2.84. The van der Waals surface area contributed by atoms with Crippen LogP contribution in [0.25, 0.3) is 0 Å². The van der Waals surface area contributed by atoms with Crippen LogP contribution in [0.2, 0.25) is 0 Å².